The van der Waals surface area contributed by atoms with Crippen LogP contribution in [0.2, 0.25) is 10.0 Å². The molecular weight excluding hydrogens is 283 g/mol. The molecule has 0 bridgehead atoms. The number of oxime groups is 1. The van der Waals surface area contributed by atoms with E-state index in [1.165, 1.54) is 12.1 Å². The van der Waals surface area contributed by atoms with Gasteiger partial charge < -0.3 is 10.5 Å². The fraction of sp³-hybridized carbons (Fsp3) is 0. The number of carbonyl (C=O) groups is 3. The first-order valence-corrected chi connectivity index (χ1v) is 5.32. The molecule has 0 radical (unpaired) electrons. The third kappa shape index (κ3) is 1.85. The maximum atomic E-state index is 11.8. The first kappa shape index (κ1) is 12.5. The molecule has 1 amide bonds. The number of hydrogen-bond donors (Lipinski definition) is 2. The number of carbonyl (C=O) groups excluding carboxylic acids is 3. The summed E-state index contributed by atoms with van der Waals surface area (Å²) in [6.45, 7) is 0. The van der Waals surface area contributed by atoms with Crippen LogP contribution in [0.25, 0.3) is 0 Å². The Labute approximate surface area is 110 Å². The lowest BCUT2D eigenvalue weighted by Gasteiger charge is -2.06. The molecule has 92 valence electrons. The third-order valence-corrected chi connectivity index (χ3v) is 2.78. The molecule has 2 rings (SSSR count). The van der Waals surface area contributed by atoms with E-state index >= 15 is 0 Å². The van der Waals surface area contributed by atoms with Crippen LogP contribution < -0.4 is 5.32 Å². The van der Waals surface area contributed by atoms with E-state index in [4.69, 9.17) is 28.4 Å². The topological polar surface area (TPSA) is 95.8 Å². The van der Waals surface area contributed by atoms with Crippen LogP contribution in [0.4, 0.5) is 5.69 Å². The predicted molar refractivity (Wildman–Crippen MR) is 63.7 cm³/mol. The van der Waals surface area contributed by atoms with Crippen molar-refractivity contribution in [3.63, 3.8) is 0 Å². The van der Waals surface area contributed by atoms with Gasteiger partial charge in [0.2, 0.25) is 11.5 Å². The zero-order valence-corrected chi connectivity index (χ0v) is 10.0. The van der Waals surface area contributed by atoms with Crippen LogP contribution >= 0.6 is 23.2 Å². The maximum absolute atomic E-state index is 11.8. The standard InChI is InChI=1S/C10H4Cl2N2O4/c11-3-1-4(12)6-5(2-3)13-10(17)7(14-18)9(16)8(6)15/h1-2,18H,(H,13,17)/b14-7+. The summed E-state index contributed by atoms with van der Waals surface area (Å²) < 4.78 is 0. The monoisotopic (exact) mass is 286 g/mol. The Kier molecular flexibility index (Phi) is 3.06. The molecule has 0 spiro atoms. The number of fused-ring (bicyclic) bond motifs is 1. The van der Waals surface area contributed by atoms with E-state index in [2.05, 4.69) is 10.5 Å². The smallest absolute Gasteiger partial charge is 0.281 e. The molecule has 1 aromatic carbocycles. The minimum Gasteiger partial charge on any atom is -0.410 e. The molecule has 0 aromatic heterocycles. The molecule has 2 N–H and O–H groups in total. The van der Waals surface area contributed by atoms with Gasteiger partial charge in [-0.15, -0.1) is 0 Å². The van der Waals surface area contributed by atoms with Crippen molar-refractivity contribution in [2.75, 3.05) is 5.32 Å². The number of benzene rings is 1. The second-order valence-corrected chi connectivity index (χ2v) is 4.21. The second kappa shape index (κ2) is 4.40. The number of nitrogens with one attached hydrogen (secondary N) is 1. The van der Waals surface area contributed by atoms with Gasteiger partial charge in [0.05, 0.1) is 16.3 Å². The number of rotatable bonds is 0. The van der Waals surface area contributed by atoms with Gasteiger partial charge in [0.15, 0.2) is 0 Å². The van der Waals surface area contributed by atoms with Crippen LogP contribution in [-0.2, 0) is 9.59 Å². The molecule has 1 aliphatic heterocycles. The fourth-order valence-corrected chi connectivity index (χ4v) is 2.08. The van der Waals surface area contributed by atoms with Crippen molar-refractivity contribution in [1.29, 1.82) is 0 Å². The number of ketones is 2. The van der Waals surface area contributed by atoms with E-state index in [-0.39, 0.29) is 21.3 Å². The van der Waals surface area contributed by atoms with Crippen LogP contribution in [0.15, 0.2) is 17.3 Å². The normalized spacial score (nSPS) is 17.4. The lowest BCUT2D eigenvalue weighted by atomic mass is 10.0. The molecule has 0 saturated carbocycles. The zero-order chi connectivity index (χ0) is 13.4. The van der Waals surface area contributed by atoms with E-state index in [0.717, 1.165) is 0 Å². The summed E-state index contributed by atoms with van der Waals surface area (Å²) in [4.78, 5) is 34.9. The van der Waals surface area contributed by atoms with Gasteiger partial charge in [0, 0.05) is 5.02 Å². The Morgan fingerprint density at radius 3 is 2.39 bits per heavy atom. The lowest BCUT2D eigenvalue weighted by Crippen LogP contribution is -2.31. The predicted octanol–water partition coefficient (Wildman–Crippen LogP) is 1.53. The van der Waals surface area contributed by atoms with E-state index in [1.54, 1.807) is 0 Å². The third-order valence-electron chi connectivity index (χ3n) is 2.27. The number of nitrogens with zero attached hydrogens (tertiary/aromatic N) is 1. The number of amides is 1. The molecule has 0 fully saturated rings. The summed E-state index contributed by atoms with van der Waals surface area (Å²) in [6.07, 6.45) is 0. The van der Waals surface area contributed by atoms with Crippen LogP contribution in [0.1, 0.15) is 10.4 Å². The van der Waals surface area contributed by atoms with Gasteiger partial charge in [-0.2, -0.15) is 0 Å². The SMILES string of the molecule is O=C1Nc2cc(Cl)cc(Cl)c2C(=O)C(=O)/C1=N\O. The van der Waals surface area contributed by atoms with E-state index in [9.17, 15) is 14.4 Å². The summed E-state index contributed by atoms with van der Waals surface area (Å²) in [5, 5.41) is 13.4. The van der Waals surface area contributed by atoms with Crippen LogP contribution in [0.3, 0.4) is 0 Å². The molecule has 6 nitrogen and oxygen atoms in total. The van der Waals surface area contributed by atoms with Gasteiger partial charge in [-0.05, 0) is 12.1 Å². The van der Waals surface area contributed by atoms with E-state index in [1.807, 2.05) is 0 Å². The quantitative estimate of drug-likeness (QED) is 0.429. The first-order chi connectivity index (χ1) is 8.45. The number of halogens is 2. The summed E-state index contributed by atoms with van der Waals surface area (Å²) in [5.41, 5.74) is -1.09. The summed E-state index contributed by atoms with van der Waals surface area (Å²) >= 11 is 11.5. The molecule has 18 heavy (non-hydrogen) atoms. The molecule has 8 heteroatoms. The van der Waals surface area contributed by atoms with Crippen LogP contribution in [0.5, 0.6) is 0 Å². The molecule has 1 aliphatic rings. The average molecular weight is 287 g/mol. The highest BCUT2D eigenvalue weighted by molar-refractivity contribution is 6.83. The first-order valence-electron chi connectivity index (χ1n) is 4.57. The lowest BCUT2D eigenvalue weighted by molar-refractivity contribution is -0.113. The number of anilines is 1. The molecule has 0 aliphatic carbocycles. The van der Waals surface area contributed by atoms with Crippen molar-refractivity contribution >= 4 is 52.1 Å². The fourth-order valence-electron chi connectivity index (χ4n) is 1.50. The molecule has 0 saturated heterocycles. The highest BCUT2D eigenvalue weighted by atomic mass is 35.5. The highest BCUT2D eigenvalue weighted by Crippen LogP contribution is 2.31. The van der Waals surface area contributed by atoms with Gasteiger partial charge in [-0.3, -0.25) is 14.4 Å². The minimum atomic E-state index is -1.24. The van der Waals surface area contributed by atoms with Gasteiger partial charge in [0.1, 0.15) is 0 Å². The van der Waals surface area contributed by atoms with Crippen LogP contribution in [0, 0.1) is 0 Å². The molecule has 1 aromatic rings. The van der Waals surface area contributed by atoms with Crippen molar-refractivity contribution in [1.82, 2.24) is 0 Å². The average Bonchev–Trinajstić information content (AvgIpc) is 2.35. The van der Waals surface area contributed by atoms with Gasteiger partial charge in [-0.25, -0.2) is 0 Å². The number of Topliss-reactive ketones (excluding diaryl/α,β-unsaturated/α-hetero) is 2. The molecular formula is C10H4Cl2N2O4. The Bertz CT molecular complexity index is 625. The van der Waals surface area contributed by atoms with E-state index < -0.39 is 23.2 Å². The summed E-state index contributed by atoms with van der Waals surface area (Å²) in [7, 11) is 0. The Morgan fingerprint density at radius 2 is 1.78 bits per heavy atom. The van der Waals surface area contributed by atoms with Crippen molar-refractivity contribution in [3.05, 3.63) is 27.7 Å². The van der Waals surface area contributed by atoms with Gasteiger partial charge in [0.25, 0.3) is 11.7 Å². The van der Waals surface area contributed by atoms with Gasteiger partial charge in [-0.1, -0.05) is 28.4 Å². The van der Waals surface area contributed by atoms with Gasteiger partial charge >= 0.3 is 0 Å². The zero-order valence-electron chi connectivity index (χ0n) is 8.53. The Morgan fingerprint density at radius 1 is 1.11 bits per heavy atom. The molecule has 1 heterocycles. The Hall–Kier alpha value is -1.92. The Balaban J connectivity index is 2.72. The summed E-state index contributed by atoms with van der Waals surface area (Å²) in [5.74, 6) is -3.29. The summed E-state index contributed by atoms with van der Waals surface area (Å²) in [6, 6.07) is 2.53. The highest BCUT2D eigenvalue weighted by Gasteiger charge is 2.35. The number of hydrogen-bond acceptors (Lipinski definition) is 5. The maximum Gasteiger partial charge on any atom is 0.281 e. The minimum absolute atomic E-state index is 0.00509. The van der Waals surface area contributed by atoms with Crippen LogP contribution in [-0.4, -0.2) is 28.4 Å². The van der Waals surface area contributed by atoms with Crippen molar-refractivity contribution in [2.45, 2.75) is 0 Å². The largest absolute Gasteiger partial charge is 0.410 e. The van der Waals surface area contributed by atoms with Crippen molar-refractivity contribution in [2.24, 2.45) is 5.16 Å². The van der Waals surface area contributed by atoms with E-state index in [0.29, 0.717) is 0 Å². The second-order valence-electron chi connectivity index (χ2n) is 3.37. The molecule has 0 unspecified atom stereocenters. The van der Waals surface area contributed by atoms with Crippen molar-refractivity contribution < 1.29 is 19.6 Å². The van der Waals surface area contributed by atoms with Crippen molar-refractivity contribution in [3.8, 4) is 0 Å². The molecule has 0 atom stereocenters.